The Morgan fingerprint density at radius 3 is 2.86 bits per heavy atom. The molecule has 0 fully saturated rings. The first kappa shape index (κ1) is 4.69. The zero-order valence-corrected chi connectivity index (χ0v) is 4.59. The van der Waals surface area contributed by atoms with Gasteiger partial charge in [-0.3, -0.25) is 0 Å². The highest BCUT2D eigenvalue weighted by Gasteiger charge is 1.98. The zero-order chi connectivity index (χ0) is 5.11. The van der Waals surface area contributed by atoms with Gasteiger partial charge >= 0.3 is 0 Å². The van der Waals surface area contributed by atoms with E-state index in [1.54, 1.807) is 0 Å². The minimum atomic E-state index is 1.18. The van der Waals surface area contributed by atoms with Crippen molar-refractivity contribution in [1.82, 2.24) is 4.90 Å². The maximum Gasteiger partial charge on any atom is 0.0456 e. The summed E-state index contributed by atoms with van der Waals surface area (Å²) in [5.74, 6) is 0. The summed E-state index contributed by atoms with van der Waals surface area (Å²) >= 11 is 0. The molecule has 0 aromatic rings. The Hall–Kier alpha value is -0.460. The van der Waals surface area contributed by atoms with Gasteiger partial charge in [0, 0.05) is 13.1 Å². The Bertz CT molecular complexity index is 76.2. The van der Waals surface area contributed by atoms with Crippen molar-refractivity contribution in [3.63, 3.8) is 0 Å². The molecular weight excluding hydrogens is 86.1 g/mol. The third-order valence-electron chi connectivity index (χ3n) is 1.18. The lowest BCUT2D eigenvalue weighted by Gasteiger charge is -2.08. The smallest absolute Gasteiger partial charge is 0.0456 e. The van der Waals surface area contributed by atoms with Gasteiger partial charge in [-0.2, -0.15) is 0 Å². The standard InChI is InChI=1S/C6H10N/c1-2-7-5-3-4-6-7/h2-3,5H,4,6H2,1H3. The molecule has 1 nitrogen and oxygen atoms in total. The normalized spacial score (nSPS) is 18.7. The number of hydrogen-bond donors (Lipinski definition) is 0. The van der Waals surface area contributed by atoms with Crippen LogP contribution in [0.2, 0.25) is 0 Å². The van der Waals surface area contributed by atoms with Crippen LogP contribution in [0.3, 0.4) is 0 Å². The molecule has 1 aliphatic heterocycles. The molecule has 0 amide bonds. The number of hydrogen-bond acceptors (Lipinski definition) is 1. The minimum absolute atomic E-state index is 1.18. The Morgan fingerprint density at radius 1 is 1.71 bits per heavy atom. The molecule has 1 heteroatoms. The molecule has 0 aromatic carbocycles. The van der Waals surface area contributed by atoms with Crippen LogP contribution in [0.1, 0.15) is 13.3 Å². The molecule has 39 valence electrons. The fourth-order valence-corrected chi connectivity index (χ4v) is 0.723. The second-order valence-electron chi connectivity index (χ2n) is 1.67. The summed E-state index contributed by atoms with van der Waals surface area (Å²) in [6, 6.07) is 0. The molecule has 0 saturated carbocycles. The average Bonchev–Trinajstić information content (AvgIpc) is 2.14. The lowest BCUT2D eigenvalue weighted by atomic mass is 10.5. The molecule has 7 heavy (non-hydrogen) atoms. The monoisotopic (exact) mass is 96.1 g/mol. The van der Waals surface area contributed by atoms with E-state index in [9.17, 15) is 0 Å². The summed E-state index contributed by atoms with van der Waals surface area (Å²) in [7, 11) is 0. The van der Waals surface area contributed by atoms with Gasteiger partial charge in [0.15, 0.2) is 0 Å². The second kappa shape index (κ2) is 2.01. The minimum Gasteiger partial charge on any atom is -0.373 e. The molecule has 0 saturated heterocycles. The lowest BCUT2D eigenvalue weighted by molar-refractivity contribution is 0.495. The van der Waals surface area contributed by atoms with Crippen LogP contribution in [0.15, 0.2) is 12.3 Å². The van der Waals surface area contributed by atoms with Crippen molar-refractivity contribution in [3.05, 3.63) is 18.8 Å². The Balaban J connectivity index is 2.28. The van der Waals surface area contributed by atoms with E-state index < -0.39 is 0 Å². The molecule has 0 aromatic heterocycles. The largest absolute Gasteiger partial charge is 0.373 e. The fraction of sp³-hybridized carbons (Fsp3) is 0.500. The van der Waals surface area contributed by atoms with Crippen molar-refractivity contribution < 1.29 is 0 Å². The summed E-state index contributed by atoms with van der Waals surface area (Å²) in [6.07, 6.45) is 5.50. The topological polar surface area (TPSA) is 3.24 Å². The van der Waals surface area contributed by atoms with Crippen molar-refractivity contribution in [3.8, 4) is 0 Å². The molecule has 0 unspecified atom stereocenters. The van der Waals surface area contributed by atoms with Crippen LogP contribution in [0.5, 0.6) is 0 Å². The molecule has 0 bridgehead atoms. The average molecular weight is 96.2 g/mol. The van der Waals surface area contributed by atoms with E-state index >= 15 is 0 Å². The van der Waals surface area contributed by atoms with Crippen LogP contribution >= 0.6 is 0 Å². The molecule has 0 aliphatic carbocycles. The maximum atomic E-state index is 2.18. The van der Waals surface area contributed by atoms with E-state index in [-0.39, 0.29) is 0 Å². The van der Waals surface area contributed by atoms with Gasteiger partial charge in [-0.05, 0) is 19.5 Å². The van der Waals surface area contributed by atoms with Crippen LogP contribution in [0.4, 0.5) is 0 Å². The molecule has 1 heterocycles. The van der Waals surface area contributed by atoms with Gasteiger partial charge in [-0.1, -0.05) is 6.08 Å². The van der Waals surface area contributed by atoms with Gasteiger partial charge in [-0.15, -0.1) is 0 Å². The second-order valence-corrected chi connectivity index (χ2v) is 1.67. The van der Waals surface area contributed by atoms with Gasteiger partial charge < -0.3 is 4.90 Å². The SMILES string of the molecule is C[CH]N1C=CCC1. The summed E-state index contributed by atoms with van der Waals surface area (Å²) in [6.45, 7) is 5.32. The molecule has 0 N–H and O–H groups in total. The summed E-state index contributed by atoms with van der Waals surface area (Å²) in [4.78, 5) is 2.18. The highest BCUT2D eigenvalue weighted by Crippen LogP contribution is 2.03. The summed E-state index contributed by atoms with van der Waals surface area (Å²) in [5, 5.41) is 0. The van der Waals surface area contributed by atoms with Crippen molar-refractivity contribution >= 4 is 0 Å². The van der Waals surface area contributed by atoms with Crippen molar-refractivity contribution in [2.75, 3.05) is 6.54 Å². The van der Waals surface area contributed by atoms with E-state index in [1.807, 2.05) is 0 Å². The molecular formula is C6H10N. The van der Waals surface area contributed by atoms with Crippen LogP contribution in [-0.4, -0.2) is 11.4 Å². The third-order valence-corrected chi connectivity index (χ3v) is 1.18. The Labute approximate surface area is 44.6 Å². The quantitative estimate of drug-likeness (QED) is 0.476. The van der Waals surface area contributed by atoms with Gasteiger partial charge in [0.1, 0.15) is 0 Å². The van der Waals surface area contributed by atoms with Crippen molar-refractivity contribution in [2.45, 2.75) is 13.3 Å². The fourth-order valence-electron chi connectivity index (χ4n) is 0.723. The van der Waals surface area contributed by atoms with Gasteiger partial charge in [0.25, 0.3) is 0 Å². The van der Waals surface area contributed by atoms with E-state index in [0.29, 0.717) is 0 Å². The first-order valence-electron chi connectivity index (χ1n) is 2.65. The predicted molar refractivity (Wildman–Crippen MR) is 30.4 cm³/mol. The van der Waals surface area contributed by atoms with Crippen LogP contribution < -0.4 is 0 Å². The highest BCUT2D eigenvalue weighted by molar-refractivity contribution is 4.92. The van der Waals surface area contributed by atoms with Gasteiger partial charge in [-0.25, -0.2) is 0 Å². The first-order chi connectivity index (χ1) is 3.43. The molecule has 1 aliphatic rings. The van der Waals surface area contributed by atoms with Crippen LogP contribution in [0.25, 0.3) is 0 Å². The van der Waals surface area contributed by atoms with Crippen molar-refractivity contribution in [1.29, 1.82) is 0 Å². The van der Waals surface area contributed by atoms with Crippen molar-refractivity contribution in [2.24, 2.45) is 0 Å². The Morgan fingerprint density at radius 2 is 2.57 bits per heavy atom. The Kier molecular flexibility index (Phi) is 1.35. The maximum absolute atomic E-state index is 2.18. The zero-order valence-electron chi connectivity index (χ0n) is 4.59. The molecule has 1 radical (unpaired) electrons. The summed E-state index contributed by atoms with van der Waals surface area (Å²) in [5.41, 5.74) is 0. The molecule has 0 spiro atoms. The molecule has 0 atom stereocenters. The third kappa shape index (κ3) is 0.952. The first-order valence-corrected chi connectivity index (χ1v) is 2.65. The van der Waals surface area contributed by atoms with E-state index in [2.05, 4.69) is 30.6 Å². The summed E-state index contributed by atoms with van der Waals surface area (Å²) < 4.78 is 0. The lowest BCUT2D eigenvalue weighted by Crippen LogP contribution is -2.07. The molecule has 1 rings (SSSR count). The van der Waals surface area contributed by atoms with E-state index in [0.717, 1.165) is 0 Å². The van der Waals surface area contributed by atoms with E-state index in [1.165, 1.54) is 13.0 Å². The van der Waals surface area contributed by atoms with E-state index in [4.69, 9.17) is 0 Å². The predicted octanol–water partition coefficient (Wildman–Crippen LogP) is 1.39. The van der Waals surface area contributed by atoms with Crippen LogP contribution in [0, 0.1) is 6.54 Å². The highest BCUT2D eigenvalue weighted by atomic mass is 15.1. The van der Waals surface area contributed by atoms with Gasteiger partial charge in [0.2, 0.25) is 0 Å². The van der Waals surface area contributed by atoms with Gasteiger partial charge in [0.05, 0.1) is 0 Å². The number of rotatable bonds is 1. The van der Waals surface area contributed by atoms with Crippen LogP contribution in [-0.2, 0) is 0 Å². The number of nitrogens with zero attached hydrogens (tertiary/aromatic N) is 1.